The van der Waals surface area contributed by atoms with Crippen LogP contribution in [0.2, 0.25) is 0 Å². The number of carboxylic acid groups (broad SMARTS) is 1. The summed E-state index contributed by atoms with van der Waals surface area (Å²) in [6.07, 6.45) is 3.48. The van der Waals surface area contributed by atoms with E-state index in [2.05, 4.69) is 15.7 Å². The molecule has 7 nitrogen and oxygen atoms in total. The second-order valence-electron chi connectivity index (χ2n) is 4.66. The number of hydrogen-bond donors (Lipinski definition) is 3. The zero-order valence-corrected chi connectivity index (χ0v) is 11.3. The Labute approximate surface area is 112 Å². The molecule has 0 fully saturated rings. The number of nitrogens with zero attached hydrogens (tertiary/aromatic N) is 2. The van der Waals surface area contributed by atoms with Crippen LogP contribution in [0.1, 0.15) is 20.8 Å². The number of aliphatic carboxylic acids is 1. The van der Waals surface area contributed by atoms with Gasteiger partial charge in [0.1, 0.15) is 0 Å². The molecule has 1 aromatic rings. The van der Waals surface area contributed by atoms with Gasteiger partial charge in [-0.2, -0.15) is 5.10 Å². The Morgan fingerprint density at radius 1 is 1.32 bits per heavy atom. The Morgan fingerprint density at radius 2 is 2.00 bits per heavy atom. The van der Waals surface area contributed by atoms with Gasteiger partial charge in [-0.3, -0.25) is 9.48 Å². The first-order chi connectivity index (χ1) is 8.90. The summed E-state index contributed by atoms with van der Waals surface area (Å²) in [5.41, 5.74) is 0. The molecular weight excluding hydrogens is 248 g/mol. The standard InChI is InChI=1S/C12H20N4O3/c1-8(7-16-6-4-5-13-16)14-12(19)15-10(3)9(2)11(17)18/h4-6,8-10H,7H2,1-3H3,(H,17,18)(H2,14,15,19). The maximum Gasteiger partial charge on any atom is 0.315 e. The van der Waals surface area contributed by atoms with Crippen LogP contribution in [0.4, 0.5) is 4.79 Å². The van der Waals surface area contributed by atoms with E-state index in [1.807, 2.05) is 19.2 Å². The highest BCUT2D eigenvalue weighted by Crippen LogP contribution is 2.02. The number of urea groups is 1. The van der Waals surface area contributed by atoms with E-state index in [4.69, 9.17) is 5.11 Å². The molecule has 0 spiro atoms. The van der Waals surface area contributed by atoms with E-state index in [0.29, 0.717) is 6.54 Å². The predicted molar refractivity (Wildman–Crippen MR) is 69.6 cm³/mol. The van der Waals surface area contributed by atoms with Crippen molar-refractivity contribution in [2.75, 3.05) is 0 Å². The molecule has 19 heavy (non-hydrogen) atoms. The van der Waals surface area contributed by atoms with Crippen molar-refractivity contribution in [3.63, 3.8) is 0 Å². The lowest BCUT2D eigenvalue weighted by Gasteiger charge is -2.20. The summed E-state index contributed by atoms with van der Waals surface area (Å²) in [7, 11) is 0. The van der Waals surface area contributed by atoms with Gasteiger partial charge in [-0.15, -0.1) is 0 Å². The SMILES string of the molecule is CC(Cn1cccn1)NC(=O)NC(C)C(C)C(=O)O. The second kappa shape index (κ2) is 6.77. The molecule has 0 aliphatic rings. The number of carbonyl (C=O) groups excluding carboxylic acids is 1. The molecule has 1 aromatic heterocycles. The lowest BCUT2D eigenvalue weighted by Crippen LogP contribution is -2.48. The average Bonchev–Trinajstić information content (AvgIpc) is 2.79. The van der Waals surface area contributed by atoms with E-state index in [1.54, 1.807) is 24.7 Å². The first-order valence-electron chi connectivity index (χ1n) is 6.17. The number of rotatable bonds is 6. The fourth-order valence-corrected chi connectivity index (χ4v) is 1.55. The number of hydrogen-bond acceptors (Lipinski definition) is 3. The Morgan fingerprint density at radius 3 is 2.53 bits per heavy atom. The normalized spacial score (nSPS) is 15.3. The van der Waals surface area contributed by atoms with Crippen LogP contribution in [0.5, 0.6) is 0 Å². The van der Waals surface area contributed by atoms with Gasteiger partial charge in [-0.1, -0.05) is 0 Å². The maximum atomic E-state index is 11.7. The van der Waals surface area contributed by atoms with Crippen molar-refractivity contribution in [2.45, 2.75) is 39.4 Å². The maximum absolute atomic E-state index is 11.7. The molecule has 0 radical (unpaired) electrons. The van der Waals surface area contributed by atoms with Crippen LogP contribution in [-0.2, 0) is 11.3 Å². The van der Waals surface area contributed by atoms with Crippen LogP contribution < -0.4 is 10.6 Å². The van der Waals surface area contributed by atoms with Gasteiger partial charge in [-0.05, 0) is 26.8 Å². The summed E-state index contributed by atoms with van der Waals surface area (Å²) in [5.74, 6) is -1.57. The molecule has 106 valence electrons. The summed E-state index contributed by atoms with van der Waals surface area (Å²) >= 11 is 0. The molecule has 0 saturated heterocycles. The third kappa shape index (κ3) is 4.99. The molecule has 3 unspecified atom stereocenters. The molecule has 0 aliphatic carbocycles. The van der Waals surface area contributed by atoms with Gasteiger partial charge < -0.3 is 15.7 Å². The molecule has 1 rings (SSSR count). The van der Waals surface area contributed by atoms with Crippen molar-refractivity contribution in [1.29, 1.82) is 0 Å². The minimum atomic E-state index is -0.933. The quantitative estimate of drug-likeness (QED) is 0.707. The summed E-state index contributed by atoms with van der Waals surface area (Å²) in [6.45, 7) is 5.63. The van der Waals surface area contributed by atoms with Crippen molar-refractivity contribution >= 4 is 12.0 Å². The fourth-order valence-electron chi connectivity index (χ4n) is 1.55. The van der Waals surface area contributed by atoms with Crippen LogP contribution in [0, 0.1) is 5.92 Å². The van der Waals surface area contributed by atoms with Gasteiger partial charge >= 0.3 is 12.0 Å². The molecule has 2 amide bonds. The van der Waals surface area contributed by atoms with Crippen LogP contribution in [0.15, 0.2) is 18.5 Å². The Hall–Kier alpha value is -2.05. The molecular formula is C12H20N4O3. The minimum Gasteiger partial charge on any atom is -0.481 e. The topological polar surface area (TPSA) is 96.3 Å². The van der Waals surface area contributed by atoms with Crippen molar-refractivity contribution < 1.29 is 14.7 Å². The van der Waals surface area contributed by atoms with Crippen molar-refractivity contribution in [3.05, 3.63) is 18.5 Å². The third-order valence-corrected chi connectivity index (χ3v) is 2.90. The van der Waals surface area contributed by atoms with Gasteiger partial charge in [0.15, 0.2) is 0 Å². The lowest BCUT2D eigenvalue weighted by molar-refractivity contribution is -0.141. The number of aromatic nitrogens is 2. The van der Waals surface area contributed by atoms with E-state index in [-0.39, 0.29) is 12.1 Å². The van der Waals surface area contributed by atoms with Crippen LogP contribution >= 0.6 is 0 Å². The smallest absolute Gasteiger partial charge is 0.315 e. The van der Waals surface area contributed by atoms with Crippen LogP contribution in [0.25, 0.3) is 0 Å². The number of carbonyl (C=O) groups is 2. The highest BCUT2D eigenvalue weighted by molar-refractivity contribution is 5.76. The summed E-state index contributed by atoms with van der Waals surface area (Å²) in [6, 6.07) is 0.894. The van der Waals surface area contributed by atoms with E-state index < -0.39 is 17.9 Å². The van der Waals surface area contributed by atoms with E-state index in [0.717, 1.165) is 0 Å². The highest BCUT2D eigenvalue weighted by atomic mass is 16.4. The van der Waals surface area contributed by atoms with Gasteiger partial charge in [-0.25, -0.2) is 4.79 Å². The van der Waals surface area contributed by atoms with Gasteiger partial charge in [0.25, 0.3) is 0 Å². The zero-order valence-electron chi connectivity index (χ0n) is 11.3. The van der Waals surface area contributed by atoms with E-state index >= 15 is 0 Å². The Kier molecular flexibility index (Phi) is 5.35. The number of carboxylic acids is 1. The van der Waals surface area contributed by atoms with Crippen LogP contribution in [0.3, 0.4) is 0 Å². The molecule has 0 aliphatic heterocycles. The molecule has 3 atom stereocenters. The van der Waals surface area contributed by atoms with Gasteiger partial charge in [0.05, 0.1) is 12.5 Å². The highest BCUT2D eigenvalue weighted by Gasteiger charge is 2.21. The first-order valence-corrected chi connectivity index (χ1v) is 6.17. The van der Waals surface area contributed by atoms with Gasteiger partial charge in [0, 0.05) is 24.5 Å². The molecule has 7 heteroatoms. The molecule has 0 aromatic carbocycles. The zero-order chi connectivity index (χ0) is 14.4. The third-order valence-electron chi connectivity index (χ3n) is 2.90. The van der Waals surface area contributed by atoms with Gasteiger partial charge in [0.2, 0.25) is 0 Å². The molecule has 0 bridgehead atoms. The molecule has 1 heterocycles. The van der Waals surface area contributed by atoms with Crippen molar-refractivity contribution in [2.24, 2.45) is 5.92 Å². The average molecular weight is 268 g/mol. The number of amides is 2. The molecule has 0 saturated carbocycles. The van der Waals surface area contributed by atoms with Crippen LogP contribution in [-0.4, -0.2) is 39.0 Å². The predicted octanol–water partition coefficient (Wildman–Crippen LogP) is 0.680. The minimum absolute atomic E-state index is 0.104. The monoisotopic (exact) mass is 268 g/mol. The fraction of sp³-hybridized carbons (Fsp3) is 0.583. The van der Waals surface area contributed by atoms with Crippen molar-refractivity contribution in [3.8, 4) is 0 Å². The molecule has 3 N–H and O–H groups in total. The largest absolute Gasteiger partial charge is 0.481 e. The second-order valence-corrected chi connectivity index (χ2v) is 4.66. The Balaban J connectivity index is 2.36. The van der Waals surface area contributed by atoms with E-state index in [9.17, 15) is 9.59 Å². The summed E-state index contributed by atoms with van der Waals surface area (Å²) in [5, 5.41) is 18.2. The summed E-state index contributed by atoms with van der Waals surface area (Å²) in [4.78, 5) is 22.4. The van der Waals surface area contributed by atoms with E-state index in [1.165, 1.54) is 0 Å². The lowest BCUT2D eigenvalue weighted by atomic mass is 10.0. The Bertz CT molecular complexity index is 419. The van der Waals surface area contributed by atoms with Crippen molar-refractivity contribution in [1.82, 2.24) is 20.4 Å². The summed E-state index contributed by atoms with van der Waals surface area (Å²) < 4.78 is 1.72. The number of nitrogens with one attached hydrogen (secondary N) is 2. The first kappa shape index (κ1) is 15.0.